The summed E-state index contributed by atoms with van der Waals surface area (Å²) in [5.41, 5.74) is -0.0180. The van der Waals surface area contributed by atoms with Crippen LogP contribution < -0.4 is 5.32 Å². The number of amides is 1. The molecule has 0 spiro atoms. The smallest absolute Gasteiger partial charge is 0.408 e. The van der Waals surface area contributed by atoms with Crippen LogP contribution in [0.15, 0.2) is 30.3 Å². The quantitative estimate of drug-likeness (QED) is 0.750. The van der Waals surface area contributed by atoms with Crippen molar-refractivity contribution in [2.24, 2.45) is 0 Å². The first-order valence-electron chi connectivity index (χ1n) is 7.39. The van der Waals surface area contributed by atoms with E-state index in [0.29, 0.717) is 12.8 Å². The van der Waals surface area contributed by atoms with Gasteiger partial charge in [0.2, 0.25) is 0 Å². The van der Waals surface area contributed by atoms with Crippen LogP contribution >= 0.6 is 0 Å². The van der Waals surface area contributed by atoms with Gasteiger partial charge >= 0.3 is 12.1 Å². The Morgan fingerprint density at radius 2 is 1.95 bits per heavy atom. The first kappa shape index (κ1) is 16.3. The number of nitrogens with one attached hydrogen (secondary N) is 1. The predicted octanol–water partition coefficient (Wildman–Crippen LogP) is 1.76. The minimum Gasteiger partial charge on any atom is -0.464 e. The zero-order valence-electron chi connectivity index (χ0n) is 12.6. The minimum atomic E-state index is -0.893. The molecule has 6 heteroatoms. The lowest BCUT2D eigenvalue weighted by atomic mass is 10.1. The number of alkyl carbamates (subject to hydrolysis) is 1. The van der Waals surface area contributed by atoms with E-state index in [9.17, 15) is 14.7 Å². The highest BCUT2D eigenvalue weighted by molar-refractivity contribution is 5.81. The van der Waals surface area contributed by atoms with E-state index in [0.717, 1.165) is 5.56 Å². The lowest BCUT2D eigenvalue weighted by Gasteiger charge is -2.19. The van der Waals surface area contributed by atoms with E-state index in [4.69, 9.17) is 9.47 Å². The van der Waals surface area contributed by atoms with Gasteiger partial charge in [-0.1, -0.05) is 30.3 Å². The molecule has 1 unspecified atom stereocenters. The molecule has 0 aromatic heterocycles. The normalized spacial score (nSPS) is 16.5. The van der Waals surface area contributed by atoms with Gasteiger partial charge in [-0.25, -0.2) is 9.59 Å². The van der Waals surface area contributed by atoms with Gasteiger partial charge in [0, 0.05) is 6.42 Å². The van der Waals surface area contributed by atoms with Gasteiger partial charge in [0.1, 0.15) is 12.6 Å². The molecule has 6 nitrogen and oxygen atoms in total. The molecule has 1 atom stereocenters. The molecule has 1 aromatic carbocycles. The van der Waals surface area contributed by atoms with Crippen LogP contribution in [0.2, 0.25) is 0 Å². The molecule has 1 amide bonds. The molecular weight excluding hydrogens is 286 g/mol. The summed E-state index contributed by atoms with van der Waals surface area (Å²) in [6, 6.07) is 8.35. The minimum absolute atomic E-state index is 0.118. The summed E-state index contributed by atoms with van der Waals surface area (Å²) in [7, 11) is 0. The van der Waals surface area contributed by atoms with Crippen LogP contribution in [0.1, 0.15) is 31.7 Å². The molecule has 2 rings (SSSR count). The number of carbonyl (C=O) groups is 2. The van der Waals surface area contributed by atoms with Crippen molar-refractivity contribution in [3.05, 3.63) is 35.9 Å². The van der Waals surface area contributed by atoms with Crippen molar-refractivity contribution in [2.45, 2.75) is 44.4 Å². The molecule has 0 bridgehead atoms. The molecule has 1 fully saturated rings. The summed E-state index contributed by atoms with van der Waals surface area (Å²) in [5.74, 6) is -0.556. The highest BCUT2D eigenvalue weighted by Gasteiger charge is 2.44. The summed E-state index contributed by atoms with van der Waals surface area (Å²) >= 11 is 0. The Labute approximate surface area is 129 Å². The highest BCUT2D eigenvalue weighted by atomic mass is 16.6. The monoisotopic (exact) mass is 307 g/mol. The van der Waals surface area contributed by atoms with E-state index in [-0.39, 0.29) is 19.6 Å². The third-order valence-corrected chi connectivity index (χ3v) is 3.49. The van der Waals surface area contributed by atoms with Crippen LogP contribution in [0, 0.1) is 0 Å². The lowest BCUT2D eigenvalue weighted by Crippen LogP contribution is -2.44. The van der Waals surface area contributed by atoms with E-state index in [1.165, 1.54) is 0 Å². The number of carbonyl (C=O) groups excluding carboxylic acids is 2. The number of ether oxygens (including phenoxy) is 2. The van der Waals surface area contributed by atoms with Crippen LogP contribution in [0.3, 0.4) is 0 Å². The zero-order chi connectivity index (χ0) is 16.0. The van der Waals surface area contributed by atoms with Gasteiger partial charge < -0.3 is 19.9 Å². The molecule has 0 saturated heterocycles. The maximum atomic E-state index is 11.9. The lowest BCUT2D eigenvalue weighted by molar-refractivity contribution is -0.146. The fourth-order valence-electron chi connectivity index (χ4n) is 2.07. The van der Waals surface area contributed by atoms with Gasteiger partial charge in [0.05, 0.1) is 12.2 Å². The Morgan fingerprint density at radius 3 is 2.55 bits per heavy atom. The van der Waals surface area contributed by atoms with Crippen LogP contribution in [-0.2, 0) is 20.9 Å². The van der Waals surface area contributed by atoms with Crippen molar-refractivity contribution in [2.75, 3.05) is 6.61 Å². The van der Waals surface area contributed by atoms with Gasteiger partial charge in [0.15, 0.2) is 0 Å². The van der Waals surface area contributed by atoms with E-state index < -0.39 is 23.7 Å². The maximum absolute atomic E-state index is 11.9. The van der Waals surface area contributed by atoms with Crippen molar-refractivity contribution in [1.82, 2.24) is 5.32 Å². The van der Waals surface area contributed by atoms with Gasteiger partial charge in [-0.15, -0.1) is 0 Å². The van der Waals surface area contributed by atoms with Crippen LogP contribution in [0.5, 0.6) is 0 Å². The number of esters is 1. The number of hydrogen-bond acceptors (Lipinski definition) is 5. The fraction of sp³-hybridized carbons (Fsp3) is 0.500. The Bertz CT molecular complexity index is 513. The van der Waals surface area contributed by atoms with Crippen LogP contribution in [-0.4, -0.2) is 35.4 Å². The van der Waals surface area contributed by atoms with Gasteiger partial charge in [0.25, 0.3) is 0 Å². The van der Waals surface area contributed by atoms with Gasteiger partial charge in [-0.05, 0) is 25.3 Å². The highest BCUT2D eigenvalue weighted by Crippen LogP contribution is 2.39. The number of hydrogen-bond donors (Lipinski definition) is 2. The van der Waals surface area contributed by atoms with E-state index in [2.05, 4.69) is 5.32 Å². The molecule has 22 heavy (non-hydrogen) atoms. The van der Waals surface area contributed by atoms with Crippen molar-refractivity contribution < 1.29 is 24.2 Å². The molecule has 1 saturated carbocycles. The second-order valence-electron chi connectivity index (χ2n) is 5.44. The molecule has 0 aliphatic heterocycles. The van der Waals surface area contributed by atoms with Crippen molar-refractivity contribution >= 4 is 12.1 Å². The average molecular weight is 307 g/mol. The first-order valence-corrected chi connectivity index (χ1v) is 7.39. The molecule has 120 valence electrons. The van der Waals surface area contributed by atoms with E-state index in [1.807, 2.05) is 30.3 Å². The van der Waals surface area contributed by atoms with Crippen molar-refractivity contribution in [3.63, 3.8) is 0 Å². The van der Waals surface area contributed by atoms with Gasteiger partial charge in [-0.3, -0.25) is 0 Å². The Morgan fingerprint density at radius 1 is 1.27 bits per heavy atom. The number of rotatable bonds is 7. The van der Waals surface area contributed by atoms with E-state index >= 15 is 0 Å². The summed E-state index contributed by atoms with van der Waals surface area (Å²) in [6.45, 7) is 2.02. The SMILES string of the molecule is CCOC(=O)C(CC1(O)CC1)NC(=O)OCc1ccccc1. The molecule has 1 aliphatic carbocycles. The topological polar surface area (TPSA) is 84.9 Å². The van der Waals surface area contributed by atoms with Crippen LogP contribution in [0.4, 0.5) is 4.79 Å². The number of benzene rings is 1. The Kier molecular flexibility index (Phi) is 5.38. The first-order chi connectivity index (χ1) is 10.5. The summed E-state index contributed by atoms with van der Waals surface area (Å²) < 4.78 is 10.0. The summed E-state index contributed by atoms with van der Waals surface area (Å²) in [6.07, 6.45) is 0.700. The third-order valence-electron chi connectivity index (χ3n) is 3.49. The standard InChI is InChI=1S/C16H21NO5/c1-2-21-14(18)13(10-16(20)8-9-16)17-15(19)22-11-12-6-4-3-5-7-12/h3-7,13,20H,2,8-11H2,1H3,(H,17,19). The molecule has 1 aliphatic rings. The Balaban J connectivity index is 1.85. The summed E-state index contributed by atoms with van der Waals surface area (Å²) in [4.78, 5) is 23.7. The zero-order valence-corrected chi connectivity index (χ0v) is 12.6. The van der Waals surface area contributed by atoms with Crippen molar-refractivity contribution in [1.29, 1.82) is 0 Å². The number of aliphatic hydroxyl groups is 1. The van der Waals surface area contributed by atoms with E-state index in [1.54, 1.807) is 6.92 Å². The second kappa shape index (κ2) is 7.26. The molecule has 1 aromatic rings. The molecule has 0 radical (unpaired) electrons. The maximum Gasteiger partial charge on any atom is 0.408 e. The Hall–Kier alpha value is -2.08. The largest absolute Gasteiger partial charge is 0.464 e. The molecular formula is C16H21NO5. The average Bonchev–Trinajstić information content (AvgIpc) is 3.23. The molecule has 2 N–H and O–H groups in total. The van der Waals surface area contributed by atoms with Crippen molar-refractivity contribution in [3.8, 4) is 0 Å². The van der Waals surface area contributed by atoms with Gasteiger partial charge in [-0.2, -0.15) is 0 Å². The molecule has 0 heterocycles. The third kappa shape index (κ3) is 5.04. The summed E-state index contributed by atoms with van der Waals surface area (Å²) in [5, 5.41) is 12.4. The van der Waals surface area contributed by atoms with Crippen LogP contribution in [0.25, 0.3) is 0 Å². The fourth-order valence-corrected chi connectivity index (χ4v) is 2.07. The second-order valence-corrected chi connectivity index (χ2v) is 5.44. The predicted molar refractivity (Wildman–Crippen MR) is 79.0 cm³/mol.